The van der Waals surface area contributed by atoms with Gasteiger partial charge in [-0.2, -0.15) is 0 Å². The molecule has 68 heavy (non-hydrogen) atoms. The molecule has 0 saturated heterocycles. The number of carbonyl (C=O) groups excluding carboxylic acids is 2. The standard InChI is InChI=1S/C20H35N3O3.C18H31N3O3.2C5H10.2CH4.4CH3.2Fe/c1-23(2,17-18-5-3-4-6-18)10-12-26-14-13-25-11-9-22-20(24)15-19-7-8-21-16-19;22-18(13-17-5-6-19-15-17)21-8-10-24-12-11-23-9-7-20-14-16-3-1-2-4-16;2*1-2-4-5-3-1;;;;;;;;/h7-8,16,18,21H,3-6,9-15,17H2,1-2H3;5-6,15-16,19-20H,1-4,7-14H2,(H,21,22);2*1-5H2;2*1H4;4*1H3;;/q;;;;;;4*-1;2*+2/p+1. The summed E-state index contributed by atoms with van der Waals surface area (Å²) in [5.41, 5.74) is 1.98. The molecule has 6 rings (SSSR count). The van der Waals surface area contributed by atoms with Crippen LogP contribution in [-0.2, 0) is 75.5 Å². The summed E-state index contributed by atoms with van der Waals surface area (Å²) in [6.45, 7) is 10.3. The summed E-state index contributed by atoms with van der Waals surface area (Å²) in [5, 5.41) is 9.15. The van der Waals surface area contributed by atoms with Crippen LogP contribution in [0.5, 0.6) is 0 Å². The van der Waals surface area contributed by atoms with Gasteiger partial charge < -0.3 is 79.1 Å². The van der Waals surface area contributed by atoms with E-state index in [0.29, 0.717) is 65.6 Å². The average molecular weight is 1050 g/mol. The van der Waals surface area contributed by atoms with Gasteiger partial charge >= 0.3 is 34.1 Å². The zero-order valence-electron chi connectivity index (χ0n) is 42.8. The summed E-state index contributed by atoms with van der Waals surface area (Å²) in [7, 11) is 4.60. The van der Waals surface area contributed by atoms with Crippen molar-refractivity contribution in [2.75, 3.05) is 106 Å². The number of carbonyl (C=O) groups is 2. The van der Waals surface area contributed by atoms with E-state index >= 15 is 0 Å². The maximum atomic E-state index is 11.7. The molecule has 0 spiro atoms. The molecule has 4 aliphatic rings. The number of amides is 2. The van der Waals surface area contributed by atoms with Crippen LogP contribution < -0.4 is 16.0 Å². The number of hydrogen-bond acceptors (Lipinski definition) is 7. The first-order chi connectivity index (χ1) is 29.4. The van der Waals surface area contributed by atoms with Crippen molar-refractivity contribution in [3.05, 3.63) is 77.8 Å². The maximum Gasteiger partial charge on any atom is 2.00 e. The quantitative estimate of drug-likeness (QED) is 0.0274. The van der Waals surface area contributed by atoms with Crippen molar-refractivity contribution in [2.24, 2.45) is 11.8 Å². The Labute approximate surface area is 441 Å². The first-order valence-electron chi connectivity index (χ1n) is 24.0. The number of nitrogens with one attached hydrogen (secondary N) is 5. The summed E-state index contributed by atoms with van der Waals surface area (Å²) < 4.78 is 23.2. The van der Waals surface area contributed by atoms with Crippen LogP contribution in [0.15, 0.2) is 36.9 Å². The van der Waals surface area contributed by atoms with Gasteiger partial charge in [-0.1, -0.05) is 105 Å². The first-order valence-corrected chi connectivity index (χ1v) is 24.0. The summed E-state index contributed by atoms with van der Waals surface area (Å²) in [6.07, 6.45) is 34.3. The fourth-order valence-electron chi connectivity index (χ4n) is 8.33. The van der Waals surface area contributed by atoms with Crippen molar-refractivity contribution >= 4 is 11.8 Å². The Morgan fingerprint density at radius 3 is 1.25 bits per heavy atom. The van der Waals surface area contributed by atoms with E-state index in [1.165, 1.54) is 122 Å². The minimum Gasteiger partial charge on any atom is -0.378 e. The van der Waals surface area contributed by atoms with Crippen molar-refractivity contribution < 1.29 is 67.2 Å². The van der Waals surface area contributed by atoms with Gasteiger partial charge in [0.15, 0.2) is 0 Å². The third-order valence-corrected chi connectivity index (χ3v) is 11.8. The van der Waals surface area contributed by atoms with Gasteiger partial charge in [-0.15, -0.1) is 0 Å². The van der Waals surface area contributed by atoms with Crippen molar-refractivity contribution in [2.45, 2.75) is 143 Å². The Morgan fingerprint density at radius 1 is 0.529 bits per heavy atom. The van der Waals surface area contributed by atoms with E-state index in [-0.39, 0.29) is 90.5 Å². The van der Waals surface area contributed by atoms with Crippen LogP contribution in [0.3, 0.4) is 0 Å². The van der Waals surface area contributed by atoms with Crippen molar-refractivity contribution in [3.63, 3.8) is 0 Å². The van der Waals surface area contributed by atoms with Crippen LogP contribution in [0.25, 0.3) is 0 Å². The van der Waals surface area contributed by atoms with Crippen molar-refractivity contribution in [3.8, 4) is 0 Å². The summed E-state index contributed by atoms with van der Waals surface area (Å²) in [4.78, 5) is 29.2. The Kier molecular flexibility index (Phi) is 60.7. The second kappa shape index (κ2) is 53.1. The largest absolute Gasteiger partial charge is 2.00 e. The number of quaternary nitrogens is 1. The van der Waals surface area contributed by atoms with Crippen LogP contribution in [0.2, 0.25) is 0 Å². The van der Waals surface area contributed by atoms with Crippen LogP contribution in [0, 0.1) is 41.5 Å². The Bertz CT molecular complexity index is 1250. The van der Waals surface area contributed by atoms with Crippen LogP contribution in [0.1, 0.15) is 142 Å². The molecule has 404 valence electrons. The van der Waals surface area contributed by atoms with Crippen LogP contribution in [0.4, 0.5) is 0 Å². The predicted octanol–water partition coefficient (Wildman–Crippen LogP) is 10.4. The molecule has 4 aliphatic carbocycles. The number of hydrogen-bond donors (Lipinski definition) is 5. The fourth-order valence-corrected chi connectivity index (χ4v) is 8.33. The van der Waals surface area contributed by atoms with E-state index in [1.807, 2.05) is 36.9 Å². The molecule has 5 N–H and O–H groups in total. The number of likely N-dealkylation sites (N-methyl/N-ethyl adjacent to an activating group) is 1. The minimum absolute atomic E-state index is 0. The molecule has 12 nitrogen and oxygen atoms in total. The first kappa shape index (κ1) is 77.7. The number of H-pyrrole nitrogens is 2. The summed E-state index contributed by atoms with van der Waals surface area (Å²) >= 11 is 0. The number of nitrogens with zero attached hydrogens (tertiary/aromatic N) is 1. The Balaban J connectivity index is -0.000000212. The molecule has 2 amide bonds. The zero-order valence-corrected chi connectivity index (χ0v) is 45.0. The molecule has 14 heteroatoms. The second-order valence-electron chi connectivity index (χ2n) is 17.8. The zero-order chi connectivity index (χ0) is 42.6. The van der Waals surface area contributed by atoms with Crippen LogP contribution >= 0.6 is 0 Å². The third kappa shape index (κ3) is 44.3. The fraction of sp³-hybridized carbons (Fsp3) is 0.741. The molecule has 2 aromatic heterocycles. The molecule has 4 fully saturated rings. The van der Waals surface area contributed by atoms with E-state index in [2.05, 4.69) is 40.0 Å². The van der Waals surface area contributed by atoms with Crippen molar-refractivity contribution in [1.82, 2.24) is 25.9 Å². The molecule has 2 aromatic rings. The Hall–Kier alpha value is -1.70. The minimum atomic E-state index is 0. The van der Waals surface area contributed by atoms with Gasteiger partial charge in [-0.05, 0) is 61.4 Å². The van der Waals surface area contributed by atoms with Gasteiger partial charge in [0.05, 0.1) is 86.3 Å². The van der Waals surface area contributed by atoms with E-state index < -0.39 is 0 Å². The summed E-state index contributed by atoms with van der Waals surface area (Å²) in [6, 6.07) is 3.80. The maximum absolute atomic E-state index is 11.7. The van der Waals surface area contributed by atoms with Crippen molar-refractivity contribution in [1.29, 1.82) is 0 Å². The van der Waals surface area contributed by atoms with E-state index in [9.17, 15) is 9.59 Å². The molecular weight excluding hydrogens is 940 g/mol. The third-order valence-electron chi connectivity index (χ3n) is 11.8. The SMILES string of the molecule is C.C.C1CCCC1.C1CCCC1.C[N+](C)(CCOCCOCCNC(=O)Cc1cc[nH]c1)CC1CCCC1.O=C(Cc1cc[nH]c1)NCCOCCOCCNCC1CCCC1.[CH3-].[CH3-].[CH3-].[CH3-].[Fe+2].[Fe+2]. The smallest absolute Gasteiger partial charge is 0.378 e. The molecule has 0 aliphatic heterocycles. The van der Waals surface area contributed by atoms with Gasteiger partial charge in [-0.25, -0.2) is 0 Å². The summed E-state index contributed by atoms with van der Waals surface area (Å²) in [5.74, 6) is 1.82. The molecule has 2 heterocycles. The van der Waals surface area contributed by atoms with Crippen LogP contribution in [-0.4, -0.2) is 132 Å². The molecular formula is C54H107Fe2N6O6+. The van der Waals surface area contributed by atoms with E-state index in [1.54, 1.807) is 0 Å². The van der Waals surface area contributed by atoms with Gasteiger partial charge in [0, 0.05) is 50.3 Å². The van der Waals surface area contributed by atoms with Gasteiger partial charge in [0.1, 0.15) is 6.54 Å². The number of rotatable bonds is 26. The second-order valence-corrected chi connectivity index (χ2v) is 17.8. The molecule has 0 atom stereocenters. The predicted molar refractivity (Wildman–Crippen MR) is 282 cm³/mol. The molecule has 0 radical (unpaired) electrons. The average Bonchev–Trinajstić information content (AvgIpc) is 4.10. The van der Waals surface area contributed by atoms with E-state index in [4.69, 9.17) is 18.9 Å². The molecule has 4 saturated carbocycles. The van der Waals surface area contributed by atoms with E-state index in [0.717, 1.165) is 60.3 Å². The normalized spacial score (nSPS) is 14.7. The molecule has 0 unspecified atom stereocenters. The monoisotopic (exact) mass is 1050 g/mol. The Morgan fingerprint density at radius 2 is 0.882 bits per heavy atom. The number of aromatic nitrogens is 2. The van der Waals surface area contributed by atoms with Gasteiger partial charge in [0.2, 0.25) is 11.8 Å². The van der Waals surface area contributed by atoms with Gasteiger partial charge in [-0.3, -0.25) is 9.59 Å². The number of ether oxygens (including phenoxy) is 4. The van der Waals surface area contributed by atoms with Gasteiger partial charge in [0.25, 0.3) is 0 Å². The topological polar surface area (TPSA) is 139 Å². The molecule has 0 aromatic carbocycles. The number of aromatic amines is 2. The molecule has 0 bridgehead atoms.